The van der Waals surface area contributed by atoms with E-state index in [-0.39, 0.29) is 5.91 Å². The second-order valence-electron chi connectivity index (χ2n) is 6.79. The summed E-state index contributed by atoms with van der Waals surface area (Å²) in [5.74, 6) is 0.703. The van der Waals surface area contributed by atoms with Gasteiger partial charge in [-0.25, -0.2) is 4.98 Å². The van der Waals surface area contributed by atoms with E-state index in [0.717, 1.165) is 23.9 Å². The molecule has 0 saturated carbocycles. The maximum Gasteiger partial charge on any atom is 0.254 e. The van der Waals surface area contributed by atoms with Crippen LogP contribution in [0.15, 0.2) is 77.4 Å². The summed E-state index contributed by atoms with van der Waals surface area (Å²) in [6.45, 7) is 1.37. The average Bonchev–Trinajstić information content (AvgIpc) is 3.27. The maximum absolute atomic E-state index is 13.4. The highest BCUT2D eigenvalue weighted by atomic mass is 16.3. The Balaban J connectivity index is 1.59. The third kappa shape index (κ3) is 2.79. The number of hydrogen-bond donors (Lipinski definition) is 0. The van der Waals surface area contributed by atoms with Gasteiger partial charge in [0, 0.05) is 18.5 Å². The van der Waals surface area contributed by atoms with Gasteiger partial charge in [0.05, 0.1) is 17.3 Å². The van der Waals surface area contributed by atoms with Crippen LogP contribution in [0.5, 0.6) is 0 Å². The molecular weight excluding hydrogens is 336 g/mol. The molecule has 0 fully saturated rings. The lowest BCUT2D eigenvalue weighted by atomic mass is 9.98. The molecule has 0 aliphatic carbocycles. The predicted molar refractivity (Wildman–Crippen MR) is 104 cm³/mol. The van der Waals surface area contributed by atoms with Crippen LogP contribution in [-0.4, -0.2) is 22.3 Å². The van der Waals surface area contributed by atoms with Crippen LogP contribution in [-0.2, 0) is 13.0 Å². The minimum atomic E-state index is 0.0379. The van der Waals surface area contributed by atoms with E-state index in [2.05, 4.69) is 23.2 Å². The van der Waals surface area contributed by atoms with Crippen molar-refractivity contribution in [1.29, 1.82) is 0 Å². The number of aromatic nitrogens is 1. The number of pyridine rings is 1. The Morgan fingerprint density at radius 2 is 1.78 bits per heavy atom. The lowest BCUT2D eigenvalue weighted by Crippen LogP contribution is -2.36. The van der Waals surface area contributed by atoms with Gasteiger partial charge >= 0.3 is 0 Å². The fourth-order valence-electron chi connectivity index (χ4n) is 3.74. The molecule has 1 aliphatic rings. The van der Waals surface area contributed by atoms with Crippen molar-refractivity contribution in [3.05, 3.63) is 89.7 Å². The second-order valence-corrected chi connectivity index (χ2v) is 6.79. The number of carbonyl (C=O) groups is 1. The number of fused-ring (bicyclic) bond motifs is 2. The van der Waals surface area contributed by atoms with Gasteiger partial charge < -0.3 is 9.32 Å². The van der Waals surface area contributed by atoms with Crippen molar-refractivity contribution >= 4 is 16.8 Å². The van der Waals surface area contributed by atoms with E-state index in [1.165, 1.54) is 11.1 Å². The van der Waals surface area contributed by atoms with E-state index in [9.17, 15) is 4.79 Å². The number of rotatable bonds is 2. The number of amides is 1. The van der Waals surface area contributed by atoms with E-state index in [0.29, 0.717) is 23.6 Å². The first-order valence-corrected chi connectivity index (χ1v) is 9.09. The standard InChI is InChI=1S/C23H18N2O2/c26-23(25-12-11-16-6-1-2-7-17(16)15-25)19-14-21(22-10-5-13-27-22)24-20-9-4-3-8-18(19)20/h1-10,13-14H,11-12,15H2. The molecule has 0 N–H and O–H groups in total. The fraction of sp³-hybridized carbons (Fsp3) is 0.130. The molecule has 0 spiro atoms. The number of nitrogens with zero attached hydrogens (tertiary/aromatic N) is 2. The van der Waals surface area contributed by atoms with E-state index in [4.69, 9.17) is 4.42 Å². The minimum absolute atomic E-state index is 0.0379. The maximum atomic E-state index is 13.4. The van der Waals surface area contributed by atoms with Crippen molar-refractivity contribution in [3.63, 3.8) is 0 Å². The molecule has 4 aromatic rings. The van der Waals surface area contributed by atoms with Gasteiger partial charge in [0.2, 0.25) is 0 Å². The molecule has 0 radical (unpaired) electrons. The van der Waals surface area contributed by atoms with E-state index in [1.807, 2.05) is 53.4 Å². The first kappa shape index (κ1) is 15.8. The third-order valence-corrected chi connectivity index (χ3v) is 5.14. The Labute approximate surface area is 157 Å². The van der Waals surface area contributed by atoms with Gasteiger partial charge in [-0.1, -0.05) is 42.5 Å². The lowest BCUT2D eigenvalue weighted by Gasteiger charge is -2.29. The SMILES string of the molecule is O=C(c1cc(-c2ccco2)nc2ccccc12)N1CCc2ccccc2C1. The van der Waals surface area contributed by atoms with Crippen LogP contribution in [0.1, 0.15) is 21.5 Å². The molecule has 27 heavy (non-hydrogen) atoms. The van der Waals surface area contributed by atoms with Crippen LogP contribution in [0.25, 0.3) is 22.4 Å². The zero-order valence-corrected chi connectivity index (χ0v) is 14.8. The summed E-state index contributed by atoms with van der Waals surface area (Å²) in [7, 11) is 0. The van der Waals surface area contributed by atoms with Gasteiger partial charge in [-0.2, -0.15) is 0 Å². The first-order chi connectivity index (χ1) is 13.3. The summed E-state index contributed by atoms with van der Waals surface area (Å²) < 4.78 is 5.51. The fourth-order valence-corrected chi connectivity index (χ4v) is 3.74. The highest BCUT2D eigenvalue weighted by molar-refractivity contribution is 6.07. The van der Waals surface area contributed by atoms with Crippen molar-refractivity contribution in [2.75, 3.05) is 6.54 Å². The highest BCUT2D eigenvalue weighted by Crippen LogP contribution is 2.28. The topological polar surface area (TPSA) is 46.3 Å². The first-order valence-electron chi connectivity index (χ1n) is 9.09. The zero-order valence-electron chi connectivity index (χ0n) is 14.8. The van der Waals surface area contributed by atoms with Crippen LogP contribution in [0.3, 0.4) is 0 Å². The van der Waals surface area contributed by atoms with Gasteiger partial charge in [0.15, 0.2) is 5.76 Å². The molecule has 4 heteroatoms. The lowest BCUT2D eigenvalue weighted by molar-refractivity contribution is 0.0736. The number of carbonyl (C=O) groups excluding carboxylic acids is 1. The van der Waals surface area contributed by atoms with Crippen LogP contribution in [0.4, 0.5) is 0 Å². The summed E-state index contributed by atoms with van der Waals surface area (Å²) in [4.78, 5) is 20.0. The summed E-state index contributed by atoms with van der Waals surface area (Å²) in [5, 5.41) is 0.872. The normalized spacial score (nSPS) is 13.6. The third-order valence-electron chi connectivity index (χ3n) is 5.14. The molecule has 0 unspecified atom stereocenters. The van der Waals surface area contributed by atoms with Crippen molar-refractivity contribution < 1.29 is 9.21 Å². The van der Waals surface area contributed by atoms with Crippen molar-refractivity contribution in [2.24, 2.45) is 0 Å². The van der Waals surface area contributed by atoms with E-state index >= 15 is 0 Å². The molecule has 5 rings (SSSR count). The van der Waals surface area contributed by atoms with Crippen LogP contribution >= 0.6 is 0 Å². The molecule has 4 nitrogen and oxygen atoms in total. The Morgan fingerprint density at radius 3 is 2.63 bits per heavy atom. The van der Waals surface area contributed by atoms with Crippen LogP contribution in [0.2, 0.25) is 0 Å². The zero-order chi connectivity index (χ0) is 18.2. The Morgan fingerprint density at radius 1 is 0.963 bits per heavy atom. The average molecular weight is 354 g/mol. The van der Waals surface area contributed by atoms with E-state index in [1.54, 1.807) is 6.26 Å². The predicted octanol–water partition coefficient (Wildman–Crippen LogP) is 4.69. The second kappa shape index (κ2) is 6.40. The van der Waals surface area contributed by atoms with Crippen LogP contribution in [0, 0.1) is 0 Å². The largest absolute Gasteiger partial charge is 0.463 e. The Hall–Kier alpha value is -3.40. The van der Waals surface area contributed by atoms with Crippen molar-refractivity contribution in [3.8, 4) is 11.5 Å². The van der Waals surface area contributed by atoms with Gasteiger partial charge in [-0.15, -0.1) is 0 Å². The van der Waals surface area contributed by atoms with Gasteiger partial charge in [-0.3, -0.25) is 4.79 Å². The molecule has 132 valence electrons. The van der Waals surface area contributed by atoms with Crippen molar-refractivity contribution in [1.82, 2.24) is 9.88 Å². The van der Waals surface area contributed by atoms with E-state index < -0.39 is 0 Å². The summed E-state index contributed by atoms with van der Waals surface area (Å²) in [6.07, 6.45) is 2.51. The van der Waals surface area contributed by atoms with Gasteiger partial charge in [-0.05, 0) is 41.8 Å². The summed E-state index contributed by atoms with van der Waals surface area (Å²) in [6, 6.07) is 21.7. The van der Waals surface area contributed by atoms with Crippen molar-refractivity contribution in [2.45, 2.75) is 13.0 Å². The summed E-state index contributed by atoms with van der Waals surface area (Å²) in [5.41, 5.74) is 4.71. The smallest absolute Gasteiger partial charge is 0.254 e. The summed E-state index contributed by atoms with van der Waals surface area (Å²) >= 11 is 0. The highest BCUT2D eigenvalue weighted by Gasteiger charge is 2.24. The number of hydrogen-bond acceptors (Lipinski definition) is 3. The Bertz CT molecular complexity index is 1130. The number of furan rings is 1. The minimum Gasteiger partial charge on any atom is -0.463 e. The molecule has 1 amide bonds. The molecule has 0 bridgehead atoms. The number of benzene rings is 2. The molecule has 1 aliphatic heterocycles. The monoisotopic (exact) mass is 354 g/mol. The molecule has 0 saturated heterocycles. The quantitative estimate of drug-likeness (QED) is 0.524. The number of para-hydroxylation sites is 1. The molecular formula is C23H18N2O2. The van der Waals surface area contributed by atoms with Gasteiger partial charge in [0.1, 0.15) is 5.69 Å². The van der Waals surface area contributed by atoms with Crippen LogP contribution < -0.4 is 0 Å². The van der Waals surface area contributed by atoms with Gasteiger partial charge in [0.25, 0.3) is 5.91 Å². The molecule has 2 aromatic heterocycles. The molecule has 3 heterocycles. The molecule has 2 aromatic carbocycles. The Kier molecular flexibility index (Phi) is 3.75. The molecule has 0 atom stereocenters.